The summed E-state index contributed by atoms with van der Waals surface area (Å²) in [5.74, 6) is -0.370. The molecule has 0 spiro atoms. The van der Waals surface area contributed by atoms with Crippen molar-refractivity contribution in [1.82, 2.24) is 4.90 Å². The maximum atomic E-state index is 12.3. The highest BCUT2D eigenvalue weighted by atomic mass is 16.7. The summed E-state index contributed by atoms with van der Waals surface area (Å²) in [4.78, 5) is 23.7. The number of nitrogens with zero attached hydrogens (tertiary/aromatic N) is 3. The highest BCUT2D eigenvalue weighted by molar-refractivity contribution is 6.14. The Bertz CT molecular complexity index is 567. The van der Waals surface area contributed by atoms with Crippen LogP contribution in [0.25, 0.3) is 0 Å². The number of benzene rings is 1. The van der Waals surface area contributed by atoms with E-state index in [2.05, 4.69) is 29.2 Å². The van der Waals surface area contributed by atoms with Crippen LogP contribution in [0.2, 0.25) is 0 Å². The minimum Gasteiger partial charge on any atom is -0.369 e. The third kappa shape index (κ3) is 3.53. The molecule has 1 atom stereocenters. The first kappa shape index (κ1) is 16.2. The van der Waals surface area contributed by atoms with Crippen LogP contribution in [0.15, 0.2) is 40.5 Å². The lowest BCUT2D eigenvalue weighted by Gasteiger charge is -2.22. The van der Waals surface area contributed by atoms with Gasteiger partial charge in [-0.2, -0.15) is 0 Å². The van der Waals surface area contributed by atoms with E-state index in [0.29, 0.717) is 12.8 Å². The summed E-state index contributed by atoms with van der Waals surface area (Å²) in [5, 5.41) is 3.99. The molecule has 1 aliphatic rings. The molecule has 0 aliphatic carbocycles. The Balaban J connectivity index is 2.25. The summed E-state index contributed by atoms with van der Waals surface area (Å²) < 4.78 is 0. The van der Waals surface area contributed by atoms with E-state index in [0.717, 1.165) is 18.6 Å². The summed E-state index contributed by atoms with van der Waals surface area (Å²) in [5.41, 5.74) is 0.933. The monoisotopic (exact) mass is 301 g/mol. The van der Waals surface area contributed by atoms with Crippen molar-refractivity contribution in [2.45, 2.75) is 38.1 Å². The molecule has 2 rings (SSSR count). The summed E-state index contributed by atoms with van der Waals surface area (Å²) in [6.07, 6.45) is 4.61. The fourth-order valence-corrected chi connectivity index (χ4v) is 2.48. The van der Waals surface area contributed by atoms with Crippen LogP contribution in [0, 0.1) is 0 Å². The standard InChI is InChI=1S/C17H23N3O2/c1-4-8-15-17(16(21)22-19-15,18-13-20(2)3)12-11-14-9-6-5-7-10-14/h5-7,9-10,13H,4,8,11-12H2,1-3H3. The minimum absolute atomic E-state index is 0.370. The van der Waals surface area contributed by atoms with E-state index in [1.807, 2.05) is 37.2 Å². The molecule has 0 fully saturated rings. The second-order valence-electron chi connectivity index (χ2n) is 5.72. The zero-order chi connectivity index (χ0) is 16.0. The topological polar surface area (TPSA) is 54.3 Å². The van der Waals surface area contributed by atoms with Gasteiger partial charge in [-0.05, 0) is 24.8 Å². The van der Waals surface area contributed by atoms with Gasteiger partial charge in [0.05, 0.1) is 12.1 Å². The first-order valence-corrected chi connectivity index (χ1v) is 7.63. The fraction of sp³-hybridized carbons (Fsp3) is 0.471. The van der Waals surface area contributed by atoms with Crippen LogP contribution in [-0.4, -0.2) is 42.6 Å². The summed E-state index contributed by atoms with van der Waals surface area (Å²) in [6, 6.07) is 10.1. The maximum Gasteiger partial charge on any atom is 0.368 e. The van der Waals surface area contributed by atoms with Crippen molar-refractivity contribution in [2.24, 2.45) is 10.1 Å². The molecule has 1 aromatic carbocycles. The van der Waals surface area contributed by atoms with Crippen LogP contribution < -0.4 is 0 Å². The van der Waals surface area contributed by atoms with Crippen molar-refractivity contribution in [3.05, 3.63) is 35.9 Å². The third-order valence-electron chi connectivity index (χ3n) is 3.67. The van der Waals surface area contributed by atoms with E-state index in [9.17, 15) is 4.79 Å². The Morgan fingerprint density at radius 1 is 1.27 bits per heavy atom. The third-order valence-corrected chi connectivity index (χ3v) is 3.67. The molecule has 5 nitrogen and oxygen atoms in total. The summed E-state index contributed by atoms with van der Waals surface area (Å²) in [6.45, 7) is 2.06. The molecule has 0 amide bonds. The van der Waals surface area contributed by atoms with Gasteiger partial charge in [0, 0.05) is 14.1 Å². The SMILES string of the molecule is CCCC1=NOC(=O)C1(CCc1ccccc1)N=CN(C)C. The lowest BCUT2D eigenvalue weighted by Crippen LogP contribution is -2.42. The molecule has 0 N–H and O–H groups in total. The minimum atomic E-state index is -0.976. The second kappa shape index (κ2) is 7.20. The van der Waals surface area contributed by atoms with Crippen LogP contribution in [0.4, 0.5) is 0 Å². The van der Waals surface area contributed by atoms with Gasteiger partial charge in [-0.25, -0.2) is 4.79 Å². The van der Waals surface area contributed by atoms with Crippen molar-refractivity contribution in [3.8, 4) is 0 Å². The summed E-state index contributed by atoms with van der Waals surface area (Å²) in [7, 11) is 3.76. The second-order valence-corrected chi connectivity index (χ2v) is 5.72. The number of hydrogen-bond donors (Lipinski definition) is 0. The van der Waals surface area contributed by atoms with E-state index in [1.165, 1.54) is 5.56 Å². The van der Waals surface area contributed by atoms with Crippen LogP contribution in [-0.2, 0) is 16.1 Å². The molecule has 0 radical (unpaired) electrons. The number of carbonyl (C=O) groups is 1. The van der Waals surface area contributed by atoms with Crippen molar-refractivity contribution >= 4 is 18.0 Å². The molecule has 5 heteroatoms. The highest BCUT2D eigenvalue weighted by Crippen LogP contribution is 2.30. The van der Waals surface area contributed by atoms with Crippen molar-refractivity contribution in [1.29, 1.82) is 0 Å². The van der Waals surface area contributed by atoms with Crippen molar-refractivity contribution in [3.63, 3.8) is 0 Å². The molecule has 1 aromatic rings. The quantitative estimate of drug-likeness (QED) is 0.442. The predicted octanol–water partition coefficient (Wildman–Crippen LogP) is 2.66. The highest BCUT2D eigenvalue weighted by Gasteiger charge is 2.49. The van der Waals surface area contributed by atoms with Gasteiger partial charge in [0.2, 0.25) is 5.54 Å². The molecule has 0 saturated heterocycles. The molecule has 22 heavy (non-hydrogen) atoms. The summed E-state index contributed by atoms with van der Waals surface area (Å²) >= 11 is 0. The lowest BCUT2D eigenvalue weighted by molar-refractivity contribution is -0.144. The number of aliphatic imine (C=N–C) groups is 1. The van der Waals surface area contributed by atoms with Gasteiger partial charge < -0.3 is 9.74 Å². The van der Waals surface area contributed by atoms with E-state index in [1.54, 1.807) is 6.34 Å². The Morgan fingerprint density at radius 3 is 2.64 bits per heavy atom. The number of carbonyl (C=O) groups excluding carboxylic acids is 1. The molecule has 0 bridgehead atoms. The van der Waals surface area contributed by atoms with Crippen molar-refractivity contribution < 1.29 is 9.63 Å². The van der Waals surface area contributed by atoms with Crippen LogP contribution in [0.3, 0.4) is 0 Å². The van der Waals surface area contributed by atoms with Gasteiger partial charge in [-0.3, -0.25) is 4.99 Å². The smallest absolute Gasteiger partial charge is 0.368 e. The van der Waals surface area contributed by atoms with Crippen LogP contribution in [0.1, 0.15) is 31.7 Å². The molecule has 1 aliphatic heterocycles. The van der Waals surface area contributed by atoms with E-state index >= 15 is 0 Å². The van der Waals surface area contributed by atoms with E-state index < -0.39 is 5.54 Å². The molecule has 0 aromatic heterocycles. The predicted molar refractivity (Wildman–Crippen MR) is 88.1 cm³/mol. The average molecular weight is 301 g/mol. The van der Waals surface area contributed by atoms with E-state index in [-0.39, 0.29) is 5.97 Å². The molecular weight excluding hydrogens is 278 g/mol. The van der Waals surface area contributed by atoms with Crippen molar-refractivity contribution in [2.75, 3.05) is 14.1 Å². The van der Waals surface area contributed by atoms with Gasteiger partial charge in [0.1, 0.15) is 0 Å². The van der Waals surface area contributed by atoms with Gasteiger partial charge in [0.25, 0.3) is 0 Å². The molecule has 1 unspecified atom stereocenters. The lowest BCUT2D eigenvalue weighted by atomic mass is 9.85. The van der Waals surface area contributed by atoms with Crippen LogP contribution >= 0.6 is 0 Å². The molecule has 0 saturated carbocycles. The molecule has 1 heterocycles. The zero-order valence-corrected chi connectivity index (χ0v) is 13.5. The van der Waals surface area contributed by atoms with Gasteiger partial charge in [0.15, 0.2) is 0 Å². The number of oxime groups is 1. The van der Waals surface area contributed by atoms with Gasteiger partial charge in [-0.1, -0.05) is 48.8 Å². The molecule has 118 valence electrons. The van der Waals surface area contributed by atoms with Gasteiger partial charge in [-0.15, -0.1) is 0 Å². The normalized spacial score (nSPS) is 21.0. The Kier molecular flexibility index (Phi) is 5.31. The molecular formula is C17H23N3O2. The van der Waals surface area contributed by atoms with Gasteiger partial charge >= 0.3 is 5.97 Å². The zero-order valence-electron chi connectivity index (χ0n) is 13.5. The van der Waals surface area contributed by atoms with Crippen LogP contribution in [0.5, 0.6) is 0 Å². The average Bonchev–Trinajstić information content (AvgIpc) is 2.82. The number of hydrogen-bond acceptors (Lipinski definition) is 4. The number of aryl methyl sites for hydroxylation is 1. The fourth-order valence-electron chi connectivity index (χ4n) is 2.48. The Labute approximate surface area is 131 Å². The first-order chi connectivity index (χ1) is 10.6. The first-order valence-electron chi connectivity index (χ1n) is 7.63. The number of rotatable bonds is 7. The Morgan fingerprint density at radius 2 is 2.00 bits per heavy atom. The maximum absolute atomic E-state index is 12.3. The Hall–Kier alpha value is -2.17. The van der Waals surface area contributed by atoms with E-state index in [4.69, 9.17) is 4.84 Å². The largest absolute Gasteiger partial charge is 0.369 e.